The van der Waals surface area contributed by atoms with Crippen LogP contribution in [0.1, 0.15) is 37.8 Å². The zero-order valence-corrected chi connectivity index (χ0v) is 16.7. The standard InChI is InChI=1S/C25H27NO2/c1-19(18-26-24(27)28-23-9-5-4-6-10-23)20-11-13-22(14-12-20)21-8-7-16-25(2,3)17-15-21/h4-17,19H,18H2,1-3H3,(H,26,27). The minimum absolute atomic E-state index is 0.0761. The molecule has 0 aromatic heterocycles. The van der Waals surface area contributed by atoms with Gasteiger partial charge in [-0.05, 0) is 34.8 Å². The Balaban J connectivity index is 1.56. The molecular formula is C25H27NO2. The van der Waals surface area contributed by atoms with Crippen molar-refractivity contribution in [3.63, 3.8) is 0 Å². The van der Waals surface area contributed by atoms with Gasteiger partial charge in [0.15, 0.2) is 0 Å². The maximum absolute atomic E-state index is 11.9. The number of nitrogens with one attached hydrogen (secondary N) is 1. The first-order chi connectivity index (χ1) is 13.4. The molecule has 0 fully saturated rings. The summed E-state index contributed by atoms with van der Waals surface area (Å²) in [7, 11) is 0. The monoisotopic (exact) mass is 373 g/mol. The van der Waals surface area contributed by atoms with Gasteiger partial charge < -0.3 is 10.1 Å². The zero-order valence-electron chi connectivity index (χ0n) is 16.7. The van der Waals surface area contributed by atoms with Gasteiger partial charge in [0.2, 0.25) is 0 Å². The summed E-state index contributed by atoms with van der Waals surface area (Å²) in [5.74, 6) is 0.730. The van der Waals surface area contributed by atoms with E-state index in [4.69, 9.17) is 4.74 Å². The number of allylic oxidation sites excluding steroid dienone is 6. The first-order valence-electron chi connectivity index (χ1n) is 9.63. The topological polar surface area (TPSA) is 38.3 Å². The summed E-state index contributed by atoms with van der Waals surface area (Å²) in [6.07, 6.45) is 10.4. The molecule has 1 unspecified atom stereocenters. The first-order valence-corrected chi connectivity index (χ1v) is 9.63. The molecule has 0 aliphatic heterocycles. The molecule has 0 saturated heterocycles. The van der Waals surface area contributed by atoms with Crippen LogP contribution in [0.15, 0.2) is 85.0 Å². The van der Waals surface area contributed by atoms with Gasteiger partial charge >= 0.3 is 6.09 Å². The van der Waals surface area contributed by atoms with Crippen LogP contribution in [0, 0.1) is 5.41 Å². The average molecular weight is 373 g/mol. The van der Waals surface area contributed by atoms with Crippen LogP contribution >= 0.6 is 0 Å². The highest BCUT2D eigenvalue weighted by Crippen LogP contribution is 2.27. The Morgan fingerprint density at radius 2 is 1.75 bits per heavy atom. The second-order valence-electron chi connectivity index (χ2n) is 7.74. The fourth-order valence-corrected chi connectivity index (χ4v) is 3.00. The van der Waals surface area contributed by atoms with E-state index < -0.39 is 6.09 Å². The van der Waals surface area contributed by atoms with Gasteiger partial charge in [-0.15, -0.1) is 0 Å². The number of hydrogen-bond acceptors (Lipinski definition) is 2. The minimum atomic E-state index is -0.433. The molecule has 3 nitrogen and oxygen atoms in total. The highest BCUT2D eigenvalue weighted by molar-refractivity contribution is 5.76. The third-order valence-electron chi connectivity index (χ3n) is 4.81. The normalized spacial score (nSPS) is 16.0. The Labute approximate surface area is 167 Å². The fourth-order valence-electron chi connectivity index (χ4n) is 3.00. The van der Waals surface area contributed by atoms with Crippen molar-refractivity contribution in [1.82, 2.24) is 5.32 Å². The Bertz CT molecular complexity index is 890. The Morgan fingerprint density at radius 1 is 1.04 bits per heavy atom. The number of hydrogen-bond donors (Lipinski definition) is 1. The van der Waals surface area contributed by atoms with Gasteiger partial charge in [-0.3, -0.25) is 0 Å². The summed E-state index contributed by atoms with van der Waals surface area (Å²) in [6.45, 7) is 6.99. The molecule has 0 spiro atoms. The molecule has 0 saturated carbocycles. The molecule has 0 bridgehead atoms. The summed E-state index contributed by atoms with van der Waals surface area (Å²) in [5, 5.41) is 2.83. The molecule has 2 aromatic carbocycles. The Hall–Kier alpha value is -3.07. The van der Waals surface area contributed by atoms with E-state index >= 15 is 0 Å². The van der Waals surface area contributed by atoms with E-state index in [1.165, 1.54) is 16.7 Å². The third-order valence-corrected chi connectivity index (χ3v) is 4.81. The van der Waals surface area contributed by atoms with Gasteiger partial charge in [0.05, 0.1) is 0 Å². The summed E-state index contributed by atoms with van der Waals surface area (Å²) in [6, 6.07) is 17.6. The third kappa shape index (κ3) is 5.46. The lowest BCUT2D eigenvalue weighted by Gasteiger charge is -2.14. The first kappa shape index (κ1) is 19.7. The minimum Gasteiger partial charge on any atom is -0.410 e. The fraction of sp³-hybridized carbons (Fsp3) is 0.240. The molecule has 1 N–H and O–H groups in total. The number of benzene rings is 2. The van der Waals surface area contributed by atoms with Crippen molar-refractivity contribution in [2.45, 2.75) is 26.7 Å². The van der Waals surface area contributed by atoms with E-state index in [9.17, 15) is 4.79 Å². The van der Waals surface area contributed by atoms with Crippen molar-refractivity contribution in [3.05, 3.63) is 96.1 Å². The molecule has 1 aliphatic carbocycles. The quantitative estimate of drug-likeness (QED) is 0.686. The van der Waals surface area contributed by atoms with Gasteiger partial charge in [0.25, 0.3) is 0 Å². The second-order valence-corrected chi connectivity index (χ2v) is 7.74. The van der Waals surface area contributed by atoms with Crippen LogP contribution in [-0.4, -0.2) is 12.6 Å². The molecule has 0 radical (unpaired) electrons. The maximum atomic E-state index is 11.9. The number of carbonyl (C=O) groups excluding carboxylic acids is 1. The number of amides is 1. The van der Waals surface area contributed by atoms with Crippen molar-refractivity contribution in [2.24, 2.45) is 5.41 Å². The molecule has 1 amide bonds. The van der Waals surface area contributed by atoms with Crippen molar-refractivity contribution in [3.8, 4) is 5.75 Å². The predicted octanol–water partition coefficient (Wildman–Crippen LogP) is 6.11. The molecule has 144 valence electrons. The van der Waals surface area contributed by atoms with Crippen molar-refractivity contribution >= 4 is 11.7 Å². The van der Waals surface area contributed by atoms with E-state index in [1.54, 1.807) is 12.1 Å². The Morgan fingerprint density at radius 3 is 2.46 bits per heavy atom. The van der Waals surface area contributed by atoms with Gasteiger partial charge in [-0.1, -0.05) is 93.6 Å². The smallest absolute Gasteiger partial charge is 0.410 e. The number of carbonyl (C=O) groups is 1. The molecule has 28 heavy (non-hydrogen) atoms. The van der Waals surface area contributed by atoms with Gasteiger partial charge in [-0.2, -0.15) is 0 Å². The van der Waals surface area contributed by atoms with Gasteiger partial charge in [-0.25, -0.2) is 4.79 Å². The van der Waals surface area contributed by atoms with E-state index in [2.05, 4.69) is 80.7 Å². The highest BCUT2D eigenvalue weighted by Gasteiger charge is 2.12. The van der Waals surface area contributed by atoms with Crippen molar-refractivity contribution in [2.75, 3.05) is 6.54 Å². The molecule has 0 heterocycles. The molecule has 3 rings (SSSR count). The van der Waals surface area contributed by atoms with Crippen molar-refractivity contribution in [1.29, 1.82) is 0 Å². The SMILES string of the molecule is CC(CNC(=O)Oc1ccccc1)c1ccc(C2=CC=CC(C)(C)C=C2)cc1. The van der Waals surface area contributed by atoms with Gasteiger partial charge in [0.1, 0.15) is 5.75 Å². The summed E-state index contributed by atoms with van der Waals surface area (Å²) in [5.41, 5.74) is 3.64. The molecule has 1 atom stereocenters. The molecule has 2 aromatic rings. The lowest BCUT2D eigenvalue weighted by molar-refractivity contribution is 0.200. The largest absolute Gasteiger partial charge is 0.412 e. The average Bonchev–Trinajstić information content (AvgIpc) is 2.87. The summed E-state index contributed by atoms with van der Waals surface area (Å²) >= 11 is 0. The zero-order chi connectivity index (χ0) is 20.0. The van der Waals surface area contributed by atoms with E-state index in [-0.39, 0.29) is 11.3 Å². The van der Waals surface area contributed by atoms with Crippen LogP contribution in [0.4, 0.5) is 4.79 Å². The maximum Gasteiger partial charge on any atom is 0.412 e. The van der Waals surface area contributed by atoms with Crippen LogP contribution < -0.4 is 10.1 Å². The number of rotatable bonds is 5. The molecule has 1 aliphatic rings. The molecular weight excluding hydrogens is 346 g/mol. The number of para-hydroxylation sites is 1. The second kappa shape index (κ2) is 8.75. The van der Waals surface area contributed by atoms with E-state index in [0.29, 0.717) is 12.3 Å². The summed E-state index contributed by atoms with van der Waals surface area (Å²) in [4.78, 5) is 11.9. The van der Waals surface area contributed by atoms with E-state index in [1.807, 2.05) is 18.2 Å². The van der Waals surface area contributed by atoms with Crippen LogP contribution in [0.25, 0.3) is 5.57 Å². The van der Waals surface area contributed by atoms with Crippen LogP contribution in [-0.2, 0) is 0 Å². The van der Waals surface area contributed by atoms with E-state index in [0.717, 1.165) is 0 Å². The summed E-state index contributed by atoms with van der Waals surface area (Å²) < 4.78 is 5.26. The van der Waals surface area contributed by atoms with Crippen LogP contribution in [0.5, 0.6) is 5.75 Å². The predicted molar refractivity (Wildman–Crippen MR) is 115 cm³/mol. The lowest BCUT2D eigenvalue weighted by Crippen LogP contribution is -2.30. The van der Waals surface area contributed by atoms with Crippen LogP contribution in [0.2, 0.25) is 0 Å². The van der Waals surface area contributed by atoms with Crippen molar-refractivity contribution < 1.29 is 9.53 Å². The van der Waals surface area contributed by atoms with Gasteiger partial charge in [0, 0.05) is 12.0 Å². The number of ether oxygens (including phenoxy) is 1. The van der Waals surface area contributed by atoms with Crippen LogP contribution in [0.3, 0.4) is 0 Å². The molecule has 3 heteroatoms. The lowest BCUT2D eigenvalue weighted by atomic mass is 9.92. The Kier molecular flexibility index (Phi) is 6.15. The highest BCUT2D eigenvalue weighted by atomic mass is 16.6.